The molecule has 13 heavy (non-hydrogen) atoms. The van der Waals surface area contributed by atoms with Crippen molar-refractivity contribution in [1.82, 2.24) is 5.43 Å². The highest BCUT2D eigenvalue weighted by Gasteiger charge is 2.00. The van der Waals surface area contributed by atoms with E-state index >= 15 is 0 Å². The summed E-state index contributed by atoms with van der Waals surface area (Å²) in [6, 6.07) is 5.46. The second-order valence-electron chi connectivity index (χ2n) is 2.72. The van der Waals surface area contributed by atoms with E-state index in [9.17, 15) is 4.79 Å². The molecule has 0 saturated heterocycles. The van der Waals surface area contributed by atoms with Gasteiger partial charge >= 0.3 is 0 Å². The Morgan fingerprint density at radius 1 is 1.46 bits per heavy atom. The van der Waals surface area contributed by atoms with Crippen LogP contribution in [0.3, 0.4) is 0 Å². The van der Waals surface area contributed by atoms with E-state index in [1.807, 2.05) is 19.1 Å². The minimum Gasteiger partial charge on any atom is -0.298 e. The quantitative estimate of drug-likeness (QED) is 0.715. The van der Waals surface area contributed by atoms with E-state index in [4.69, 9.17) is 11.6 Å². The maximum absolute atomic E-state index is 10.6. The van der Waals surface area contributed by atoms with E-state index in [-0.39, 0.29) is 5.91 Å². The van der Waals surface area contributed by atoms with Gasteiger partial charge in [-0.3, -0.25) is 15.6 Å². The molecule has 0 bridgehead atoms. The fourth-order valence-corrected chi connectivity index (χ4v) is 1.07. The molecule has 1 amide bonds. The average molecular weight is 199 g/mol. The molecule has 0 aliphatic rings. The topological polar surface area (TPSA) is 41.1 Å². The van der Waals surface area contributed by atoms with E-state index in [2.05, 4.69) is 10.9 Å². The zero-order valence-electron chi connectivity index (χ0n) is 7.52. The smallest absolute Gasteiger partial charge is 0.235 e. The Kier molecular flexibility index (Phi) is 3.14. The lowest BCUT2D eigenvalue weighted by Crippen LogP contribution is -2.26. The lowest BCUT2D eigenvalue weighted by molar-refractivity contribution is -0.118. The van der Waals surface area contributed by atoms with E-state index in [0.717, 1.165) is 11.3 Å². The van der Waals surface area contributed by atoms with Gasteiger partial charge in [-0.15, -0.1) is 0 Å². The molecule has 1 aromatic rings. The van der Waals surface area contributed by atoms with Gasteiger partial charge in [0.1, 0.15) is 0 Å². The third-order valence-corrected chi connectivity index (χ3v) is 2.05. The number of amides is 1. The number of hydrazine groups is 1. The van der Waals surface area contributed by atoms with Crippen LogP contribution in [0.2, 0.25) is 5.02 Å². The van der Waals surface area contributed by atoms with Gasteiger partial charge in [-0.25, -0.2) is 0 Å². The van der Waals surface area contributed by atoms with E-state index in [1.165, 1.54) is 6.92 Å². The standard InChI is InChI=1S/C9H11ClN2O/c1-6-8(10)4-3-5-9(6)12-11-7(2)13/h3-5,12H,1-2H3,(H,11,13). The average Bonchev–Trinajstić information content (AvgIpc) is 2.07. The van der Waals surface area contributed by atoms with Crippen molar-refractivity contribution in [2.75, 3.05) is 5.43 Å². The van der Waals surface area contributed by atoms with Crippen LogP contribution in [0.5, 0.6) is 0 Å². The summed E-state index contributed by atoms with van der Waals surface area (Å²) in [4.78, 5) is 10.6. The van der Waals surface area contributed by atoms with Crippen LogP contribution in [-0.4, -0.2) is 5.91 Å². The normalized spacial score (nSPS) is 9.46. The van der Waals surface area contributed by atoms with Crippen LogP contribution < -0.4 is 10.9 Å². The number of nitrogens with one attached hydrogen (secondary N) is 2. The summed E-state index contributed by atoms with van der Waals surface area (Å²) in [6.45, 7) is 3.32. The molecule has 0 unspecified atom stereocenters. The first-order valence-corrected chi connectivity index (χ1v) is 4.27. The third kappa shape index (κ3) is 2.63. The van der Waals surface area contributed by atoms with Gasteiger partial charge in [-0.2, -0.15) is 0 Å². The Bertz CT molecular complexity index is 325. The predicted octanol–water partition coefficient (Wildman–Crippen LogP) is 2.11. The molecule has 1 aromatic carbocycles. The Hall–Kier alpha value is -1.22. The van der Waals surface area contributed by atoms with Gasteiger partial charge in [0.15, 0.2) is 0 Å². The van der Waals surface area contributed by atoms with Crippen LogP contribution >= 0.6 is 11.6 Å². The fraction of sp³-hybridized carbons (Fsp3) is 0.222. The Morgan fingerprint density at radius 2 is 2.15 bits per heavy atom. The maximum atomic E-state index is 10.6. The van der Waals surface area contributed by atoms with Gasteiger partial charge < -0.3 is 0 Å². The number of carbonyl (C=O) groups excluding carboxylic acids is 1. The Labute approximate surface area is 82.1 Å². The third-order valence-electron chi connectivity index (χ3n) is 1.64. The summed E-state index contributed by atoms with van der Waals surface area (Å²) < 4.78 is 0. The number of anilines is 1. The van der Waals surface area contributed by atoms with Crippen LogP contribution in [0.25, 0.3) is 0 Å². The molecule has 4 heteroatoms. The largest absolute Gasteiger partial charge is 0.298 e. The Balaban J connectivity index is 2.77. The molecule has 3 nitrogen and oxygen atoms in total. The monoisotopic (exact) mass is 198 g/mol. The highest BCUT2D eigenvalue weighted by atomic mass is 35.5. The van der Waals surface area contributed by atoms with Gasteiger partial charge in [0, 0.05) is 11.9 Å². The minimum absolute atomic E-state index is 0.139. The van der Waals surface area contributed by atoms with Crippen LogP contribution in [0.15, 0.2) is 18.2 Å². The molecule has 0 heterocycles. The van der Waals surface area contributed by atoms with Gasteiger partial charge in [-0.1, -0.05) is 17.7 Å². The van der Waals surface area contributed by atoms with E-state index in [1.54, 1.807) is 6.07 Å². The first-order valence-electron chi connectivity index (χ1n) is 3.89. The molecule has 0 spiro atoms. The van der Waals surface area contributed by atoms with Crippen LogP contribution in [0, 0.1) is 6.92 Å². The zero-order valence-corrected chi connectivity index (χ0v) is 8.27. The predicted molar refractivity (Wildman–Crippen MR) is 53.6 cm³/mol. The van der Waals surface area contributed by atoms with Gasteiger partial charge in [-0.05, 0) is 24.6 Å². The molecule has 0 aliphatic carbocycles. The summed E-state index contributed by atoms with van der Waals surface area (Å²) in [5, 5.41) is 0.676. The van der Waals surface area contributed by atoms with Crippen molar-refractivity contribution >= 4 is 23.2 Å². The van der Waals surface area contributed by atoms with Crippen molar-refractivity contribution in [2.24, 2.45) is 0 Å². The van der Waals surface area contributed by atoms with Crippen molar-refractivity contribution in [2.45, 2.75) is 13.8 Å². The highest BCUT2D eigenvalue weighted by Crippen LogP contribution is 2.21. The van der Waals surface area contributed by atoms with Gasteiger partial charge in [0.05, 0.1) is 5.69 Å². The van der Waals surface area contributed by atoms with Crippen molar-refractivity contribution in [3.63, 3.8) is 0 Å². The number of rotatable bonds is 2. The second-order valence-corrected chi connectivity index (χ2v) is 3.13. The summed E-state index contributed by atoms with van der Waals surface area (Å²) in [5.74, 6) is -0.139. The molecule has 1 rings (SSSR count). The lowest BCUT2D eigenvalue weighted by Gasteiger charge is -2.09. The lowest BCUT2D eigenvalue weighted by atomic mass is 10.2. The van der Waals surface area contributed by atoms with Crippen molar-refractivity contribution in [1.29, 1.82) is 0 Å². The fourth-order valence-electron chi connectivity index (χ4n) is 0.898. The summed E-state index contributed by atoms with van der Waals surface area (Å²) in [7, 11) is 0. The number of halogens is 1. The molecular formula is C9H11ClN2O. The first-order chi connectivity index (χ1) is 6.11. The zero-order chi connectivity index (χ0) is 9.84. The molecule has 0 aromatic heterocycles. The van der Waals surface area contributed by atoms with Crippen LogP contribution in [-0.2, 0) is 4.79 Å². The van der Waals surface area contributed by atoms with Gasteiger partial charge in [0.2, 0.25) is 5.91 Å². The minimum atomic E-state index is -0.139. The molecule has 0 fully saturated rings. The summed E-state index contributed by atoms with van der Waals surface area (Å²) in [6.07, 6.45) is 0. The summed E-state index contributed by atoms with van der Waals surface area (Å²) >= 11 is 5.88. The molecule has 70 valence electrons. The van der Waals surface area contributed by atoms with Crippen LogP contribution in [0.4, 0.5) is 5.69 Å². The Morgan fingerprint density at radius 3 is 2.77 bits per heavy atom. The first kappa shape index (κ1) is 9.86. The number of hydrogen-bond donors (Lipinski definition) is 2. The molecule has 0 saturated carbocycles. The van der Waals surface area contributed by atoms with Crippen LogP contribution in [0.1, 0.15) is 12.5 Å². The highest BCUT2D eigenvalue weighted by molar-refractivity contribution is 6.31. The molecule has 0 radical (unpaired) electrons. The number of benzene rings is 1. The summed E-state index contributed by atoms with van der Waals surface area (Å²) in [5.41, 5.74) is 6.97. The second kappa shape index (κ2) is 4.14. The van der Waals surface area contributed by atoms with E-state index in [0.29, 0.717) is 5.02 Å². The molecule has 0 atom stereocenters. The van der Waals surface area contributed by atoms with Gasteiger partial charge in [0.25, 0.3) is 0 Å². The SMILES string of the molecule is CC(=O)NNc1cccc(Cl)c1C. The molecule has 0 aliphatic heterocycles. The van der Waals surface area contributed by atoms with Crippen molar-refractivity contribution in [3.8, 4) is 0 Å². The molecular weight excluding hydrogens is 188 g/mol. The molecule has 2 N–H and O–H groups in total. The van der Waals surface area contributed by atoms with E-state index < -0.39 is 0 Å². The van der Waals surface area contributed by atoms with Crippen molar-refractivity contribution in [3.05, 3.63) is 28.8 Å². The van der Waals surface area contributed by atoms with Crippen molar-refractivity contribution < 1.29 is 4.79 Å². The number of carbonyl (C=O) groups is 1. The number of hydrogen-bond acceptors (Lipinski definition) is 2. The maximum Gasteiger partial charge on any atom is 0.235 e.